The summed E-state index contributed by atoms with van der Waals surface area (Å²) in [5, 5.41) is 19.5. The van der Waals surface area contributed by atoms with Crippen LogP contribution in [0.1, 0.15) is 23.8 Å². The average molecular weight is 345 g/mol. The quantitative estimate of drug-likeness (QED) is 0.772. The van der Waals surface area contributed by atoms with Crippen LogP contribution in [0.25, 0.3) is 10.6 Å². The lowest BCUT2D eigenvalue weighted by molar-refractivity contribution is 0.344. The molecule has 23 heavy (non-hydrogen) atoms. The minimum Gasteiger partial charge on any atom is -0.315 e. The predicted octanol–water partition coefficient (Wildman–Crippen LogP) is 3.12. The van der Waals surface area contributed by atoms with Gasteiger partial charge in [-0.15, -0.1) is 21.5 Å². The zero-order valence-electron chi connectivity index (χ0n) is 13.0. The van der Waals surface area contributed by atoms with Crippen LogP contribution < -0.4 is 5.32 Å². The molecule has 4 rings (SSSR count). The summed E-state index contributed by atoms with van der Waals surface area (Å²) in [5.41, 5.74) is 2.36. The standard InChI is InChI=1S/C16H19N5S2/c1-11-19-20-15-3-2-12(8-21(11)15)6-17-7-14-10-23-16(18-14)13-4-5-22-9-13/h4-5,9-10,12,17H,2-3,6-8H2,1H3/t12-/m0/s1. The first-order chi connectivity index (χ1) is 11.3. The summed E-state index contributed by atoms with van der Waals surface area (Å²) in [4.78, 5) is 4.71. The summed E-state index contributed by atoms with van der Waals surface area (Å²) < 4.78 is 2.26. The van der Waals surface area contributed by atoms with Gasteiger partial charge in [-0.2, -0.15) is 11.3 Å². The third-order valence-electron chi connectivity index (χ3n) is 4.29. The van der Waals surface area contributed by atoms with Crippen LogP contribution in [0.2, 0.25) is 0 Å². The van der Waals surface area contributed by atoms with Crippen LogP contribution in [-0.4, -0.2) is 26.3 Å². The van der Waals surface area contributed by atoms with Gasteiger partial charge in [0.2, 0.25) is 0 Å². The van der Waals surface area contributed by atoms with Crippen LogP contribution in [0, 0.1) is 12.8 Å². The Morgan fingerprint density at radius 2 is 2.30 bits per heavy atom. The van der Waals surface area contributed by atoms with Crippen molar-refractivity contribution >= 4 is 22.7 Å². The summed E-state index contributed by atoms with van der Waals surface area (Å²) in [6.07, 6.45) is 2.22. The van der Waals surface area contributed by atoms with Gasteiger partial charge in [-0.1, -0.05) is 0 Å². The summed E-state index contributed by atoms with van der Waals surface area (Å²) in [7, 11) is 0. The number of rotatable bonds is 5. The Morgan fingerprint density at radius 1 is 1.35 bits per heavy atom. The van der Waals surface area contributed by atoms with E-state index in [-0.39, 0.29) is 0 Å². The molecule has 0 spiro atoms. The summed E-state index contributed by atoms with van der Waals surface area (Å²) in [5.74, 6) is 2.82. The number of thiazole rings is 1. The fourth-order valence-electron chi connectivity index (χ4n) is 3.01. The van der Waals surface area contributed by atoms with Crippen LogP contribution >= 0.6 is 22.7 Å². The van der Waals surface area contributed by atoms with Crippen molar-refractivity contribution in [1.29, 1.82) is 0 Å². The molecule has 120 valence electrons. The molecule has 7 heteroatoms. The topological polar surface area (TPSA) is 55.6 Å². The molecule has 3 aromatic heterocycles. The average Bonchev–Trinajstić information content (AvgIpc) is 3.29. The lowest BCUT2D eigenvalue weighted by Gasteiger charge is -2.24. The molecule has 0 saturated carbocycles. The molecule has 5 nitrogen and oxygen atoms in total. The van der Waals surface area contributed by atoms with Gasteiger partial charge in [0.1, 0.15) is 16.7 Å². The van der Waals surface area contributed by atoms with Crippen molar-refractivity contribution in [3.63, 3.8) is 0 Å². The lowest BCUT2D eigenvalue weighted by atomic mass is 9.99. The van der Waals surface area contributed by atoms with Gasteiger partial charge in [-0.3, -0.25) is 0 Å². The second-order valence-corrected chi connectivity index (χ2v) is 7.60. The minimum absolute atomic E-state index is 0.646. The van der Waals surface area contributed by atoms with Crippen molar-refractivity contribution in [1.82, 2.24) is 25.1 Å². The van der Waals surface area contributed by atoms with Crippen molar-refractivity contribution in [2.24, 2.45) is 5.92 Å². The molecule has 0 unspecified atom stereocenters. The van der Waals surface area contributed by atoms with Crippen LogP contribution in [0.4, 0.5) is 0 Å². The Balaban J connectivity index is 1.30. The van der Waals surface area contributed by atoms with Gasteiger partial charge in [0, 0.05) is 42.4 Å². The predicted molar refractivity (Wildman–Crippen MR) is 93.7 cm³/mol. The van der Waals surface area contributed by atoms with Crippen molar-refractivity contribution in [3.05, 3.63) is 39.5 Å². The van der Waals surface area contributed by atoms with E-state index in [1.165, 1.54) is 12.0 Å². The Hall–Kier alpha value is -1.57. The van der Waals surface area contributed by atoms with E-state index >= 15 is 0 Å². The monoisotopic (exact) mass is 345 g/mol. The highest BCUT2D eigenvalue weighted by molar-refractivity contribution is 7.14. The highest BCUT2D eigenvalue weighted by Crippen LogP contribution is 2.25. The number of nitrogens with one attached hydrogen (secondary N) is 1. The molecule has 4 heterocycles. The first-order valence-electron chi connectivity index (χ1n) is 7.86. The molecule has 1 atom stereocenters. The molecule has 1 N–H and O–H groups in total. The maximum absolute atomic E-state index is 4.71. The first kappa shape index (κ1) is 15.0. The molecule has 3 aromatic rings. The normalized spacial score (nSPS) is 17.3. The largest absolute Gasteiger partial charge is 0.315 e. The van der Waals surface area contributed by atoms with E-state index < -0.39 is 0 Å². The van der Waals surface area contributed by atoms with E-state index in [1.807, 2.05) is 6.92 Å². The molecule has 1 aliphatic rings. The molecule has 0 aliphatic carbocycles. The Bertz CT molecular complexity index is 774. The first-order valence-corrected chi connectivity index (χ1v) is 9.68. The van der Waals surface area contributed by atoms with Gasteiger partial charge in [0.25, 0.3) is 0 Å². The zero-order chi connectivity index (χ0) is 15.6. The maximum atomic E-state index is 4.71. The third kappa shape index (κ3) is 3.22. The van der Waals surface area contributed by atoms with Crippen LogP contribution in [0.15, 0.2) is 22.2 Å². The van der Waals surface area contributed by atoms with Crippen molar-refractivity contribution in [2.45, 2.75) is 32.9 Å². The maximum Gasteiger partial charge on any atom is 0.133 e. The highest BCUT2D eigenvalue weighted by atomic mass is 32.1. The number of aryl methyl sites for hydroxylation is 2. The number of fused-ring (bicyclic) bond motifs is 1. The fraction of sp³-hybridized carbons (Fsp3) is 0.438. The Labute approximate surface area is 143 Å². The van der Waals surface area contributed by atoms with Crippen LogP contribution in [0.3, 0.4) is 0 Å². The van der Waals surface area contributed by atoms with Crippen LogP contribution in [0.5, 0.6) is 0 Å². The van der Waals surface area contributed by atoms with Gasteiger partial charge in [0.15, 0.2) is 0 Å². The van der Waals surface area contributed by atoms with Gasteiger partial charge >= 0.3 is 0 Å². The van der Waals surface area contributed by atoms with E-state index in [9.17, 15) is 0 Å². The number of thiophene rings is 1. The molecule has 0 fully saturated rings. The number of hydrogen-bond acceptors (Lipinski definition) is 6. The van der Waals surface area contributed by atoms with E-state index in [0.29, 0.717) is 5.92 Å². The lowest BCUT2D eigenvalue weighted by Crippen LogP contribution is -2.30. The molecule has 0 amide bonds. The highest BCUT2D eigenvalue weighted by Gasteiger charge is 2.21. The van der Waals surface area contributed by atoms with Gasteiger partial charge in [0.05, 0.1) is 5.69 Å². The van der Waals surface area contributed by atoms with Gasteiger partial charge < -0.3 is 9.88 Å². The van der Waals surface area contributed by atoms with Gasteiger partial charge in [-0.05, 0) is 30.7 Å². The second kappa shape index (κ2) is 6.51. The van der Waals surface area contributed by atoms with E-state index in [1.54, 1.807) is 22.7 Å². The summed E-state index contributed by atoms with van der Waals surface area (Å²) in [6, 6.07) is 2.13. The molecule has 0 aromatic carbocycles. The SMILES string of the molecule is Cc1nnc2n1C[C@H](CNCc1csc(-c3ccsc3)n1)CC2. The number of aromatic nitrogens is 4. The summed E-state index contributed by atoms with van der Waals surface area (Å²) in [6.45, 7) is 4.92. The van der Waals surface area contributed by atoms with Crippen molar-refractivity contribution < 1.29 is 0 Å². The number of nitrogens with zero attached hydrogens (tertiary/aromatic N) is 4. The molecular weight excluding hydrogens is 326 g/mol. The van der Waals surface area contributed by atoms with Crippen LogP contribution in [-0.2, 0) is 19.5 Å². The molecule has 0 bridgehead atoms. The summed E-state index contributed by atoms with van der Waals surface area (Å²) >= 11 is 3.44. The van der Waals surface area contributed by atoms with E-state index in [4.69, 9.17) is 4.98 Å². The molecule has 0 radical (unpaired) electrons. The fourth-order valence-corrected chi connectivity index (χ4v) is 4.54. The minimum atomic E-state index is 0.646. The van der Waals surface area contributed by atoms with Crippen molar-refractivity contribution in [2.75, 3.05) is 6.54 Å². The smallest absolute Gasteiger partial charge is 0.133 e. The molecular formula is C16H19N5S2. The zero-order valence-corrected chi connectivity index (χ0v) is 14.7. The molecule has 0 saturated heterocycles. The van der Waals surface area contributed by atoms with E-state index in [0.717, 1.165) is 48.4 Å². The Kier molecular flexibility index (Phi) is 4.24. The number of hydrogen-bond donors (Lipinski definition) is 1. The van der Waals surface area contributed by atoms with Gasteiger partial charge in [-0.25, -0.2) is 4.98 Å². The Morgan fingerprint density at radius 3 is 3.17 bits per heavy atom. The third-order valence-corrected chi connectivity index (χ3v) is 5.91. The van der Waals surface area contributed by atoms with E-state index in [2.05, 4.69) is 42.3 Å². The van der Waals surface area contributed by atoms with Crippen molar-refractivity contribution in [3.8, 4) is 10.6 Å². The molecule has 1 aliphatic heterocycles. The second-order valence-electron chi connectivity index (χ2n) is 5.97.